The molecule has 2 aromatic rings. The smallest absolute Gasteiger partial charge is 0.233 e. The van der Waals surface area contributed by atoms with Gasteiger partial charge in [-0.1, -0.05) is 35.5 Å². The van der Waals surface area contributed by atoms with Gasteiger partial charge >= 0.3 is 0 Å². The molecule has 4 nitrogen and oxygen atoms in total. The largest absolute Gasteiger partial charge is 0.338 e. The minimum absolute atomic E-state index is 0.0134. The highest BCUT2D eigenvalue weighted by Gasteiger charge is 2.18. The first-order chi connectivity index (χ1) is 10.9. The molecule has 1 atom stereocenters. The van der Waals surface area contributed by atoms with E-state index in [4.69, 9.17) is 11.6 Å². The first kappa shape index (κ1) is 17.8. The minimum atomic E-state index is -0.0134. The van der Waals surface area contributed by atoms with Crippen molar-refractivity contribution in [2.24, 2.45) is 0 Å². The van der Waals surface area contributed by atoms with Gasteiger partial charge in [-0.3, -0.25) is 4.79 Å². The van der Waals surface area contributed by atoms with E-state index in [2.05, 4.69) is 9.97 Å². The third kappa shape index (κ3) is 4.94. The molecular weight excluding hydrogens is 330 g/mol. The summed E-state index contributed by atoms with van der Waals surface area (Å²) in [6.45, 7) is 5.85. The molecule has 1 aromatic carbocycles. The molecule has 1 aromatic heterocycles. The van der Waals surface area contributed by atoms with Crippen LogP contribution in [0.3, 0.4) is 0 Å². The number of benzene rings is 1. The van der Waals surface area contributed by atoms with Gasteiger partial charge in [0.25, 0.3) is 0 Å². The van der Waals surface area contributed by atoms with Crippen molar-refractivity contribution in [3.05, 3.63) is 52.3 Å². The summed E-state index contributed by atoms with van der Waals surface area (Å²) < 4.78 is 0. The van der Waals surface area contributed by atoms with Gasteiger partial charge in [0.05, 0.1) is 11.8 Å². The number of thioether (sulfide) groups is 1. The van der Waals surface area contributed by atoms with Crippen LogP contribution in [0.15, 0.2) is 35.5 Å². The maximum absolute atomic E-state index is 12.4. The molecule has 0 radical (unpaired) electrons. The van der Waals surface area contributed by atoms with Crippen LogP contribution in [0.1, 0.15) is 29.9 Å². The van der Waals surface area contributed by atoms with Crippen LogP contribution < -0.4 is 0 Å². The lowest BCUT2D eigenvalue weighted by atomic mass is 10.1. The second-order valence-corrected chi connectivity index (χ2v) is 6.83. The van der Waals surface area contributed by atoms with Crippen LogP contribution in [0.25, 0.3) is 0 Å². The molecular formula is C17H20ClN3OS. The normalized spacial score (nSPS) is 12.0. The van der Waals surface area contributed by atoms with Crippen molar-refractivity contribution < 1.29 is 4.79 Å². The average Bonchev–Trinajstić information content (AvgIpc) is 2.51. The van der Waals surface area contributed by atoms with E-state index in [-0.39, 0.29) is 11.9 Å². The number of hydrogen-bond acceptors (Lipinski definition) is 4. The Kier molecular flexibility index (Phi) is 6.02. The average molecular weight is 350 g/mol. The zero-order valence-electron chi connectivity index (χ0n) is 13.7. The third-order valence-electron chi connectivity index (χ3n) is 3.61. The van der Waals surface area contributed by atoms with Gasteiger partial charge in [-0.05, 0) is 44.5 Å². The molecule has 0 bridgehead atoms. The summed E-state index contributed by atoms with van der Waals surface area (Å²) in [5.41, 5.74) is 2.88. The van der Waals surface area contributed by atoms with Gasteiger partial charge in [-0.15, -0.1) is 0 Å². The van der Waals surface area contributed by atoms with Gasteiger partial charge in [-0.25, -0.2) is 9.97 Å². The zero-order chi connectivity index (χ0) is 17.0. The van der Waals surface area contributed by atoms with E-state index in [0.717, 1.165) is 17.0 Å². The molecule has 0 aliphatic carbocycles. The second-order valence-electron chi connectivity index (χ2n) is 5.45. The first-order valence-corrected chi connectivity index (χ1v) is 8.69. The molecule has 2 rings (SSSR count). The summed E-state index contributed by atoms with van der Waals surface area (Å²) >= 11 is 7.27. The Labute approximate surface area is 146 Å². The zero-order valence-corrected chi connectivity index (χ0v) is 15.3. The lowest BCUT2D eigenvalue weighted by Crippen LogP contribution is -2.31. The Bertz CT molecular complexity index is 670. The molecule has 122 valence electrons. The van der Waals surface area contributed by atoms with Crippen molar-refractivity contribution in [3.63, 3.8) is 0 Å². The lowest BCUT2D eigenvalue weighted by molar-refractivity contribution is -0.128. The summed E-state index contributed by atoms with van der Waals surface area (Å²) in [5.74, 6) is 0.359. The molecule has 0 saturated heterocycles. The van der Waals surface area contributed by atoms with Crippen LogP contribution in [-0.4, -0.2) is 33.6 Å². The molecule has 0 saturated carbocycles. The number of aryl methyl sites for hydroxylation is 2. The van der Waals surface area contributed by atoms with Crippen LogP contribution in [0.2, 0.25) is 5.02 Å². The van der Waals surface area contributed by atoms with Crippen molar-refractivity contribution in [1.29, 1.82) is 0 Å². The number of hydrogen-bond donors (Lipinski definition) is 0. The highest BCUT2D eigenvalue weighted by molar-refractivity contribution is 7.99. The monoisotopic (exact) mass is 349 g/mol. The molecule has 0 aliphatic heterocycles. The molecule has 0 aliphatic rings. The summed E-state index contributed by atoms with van der Waals surface area (Å²) in [4.78, 5) is 22.8. The molecule has 1 heterocycles. The fourth-order valence-corrected chi connectivity index (χ4v) is 3.17. The number of carbonyl (C=O) groups excluding carboxylic acids is 1. The van der Waals surface area contributed by atoms with Crippen molar-refractivity contribution in [1.82, 2.24) is 14.9 Å². The summed E-state index contributed by atoms with van der Waals surface area (Å²) in [6.07, 6.45) is 0. The fourth-order valence-electron chi connectivity index (χ4n) is 2.17. The van der Waals surface area contributed by atoms with Crippen LogP contribution >= 0.6 is 23.4 Å². The van der Waals surface area contributed by atoms with Gasteiger partial charge < -0.3 is 4.90 Å². The predicted octanol–water partition coefficient (Wildman–Crippen LogP) is 4.06. The molecule has 1 amide bonds. The van der Waals surface area contributed by atoms with E-state index in [1.54, 1.807) is 4.90 Å². The van der Waals surface area contributed by atoms with E-state index in [9.17, 15) is 4.79 Å². The SMILES string of the molecule is Cc1cc(C)nc(SCC(=O)N(C)[C@@H](C)c2ccc(Cl)cc2)n1. The first-order valence-electron chi connectivity index (χ1n) is 7.33. The number of rotatable bonds is 5. The van der Waals surface area contributed by atoms with E-state index < -0.39 is 0 Å². The van der Waals surface area contributed by atoms with Crippen molar-refractivity contribution in [2.45, 2.75) is 32.0 Å². The predicted molar refractivity (Wildman–Crippen MR) is 94.9 cm³/mol. The number of amides is 1. The van der Waals surface area contributed by atoms with Gasteiger partial charge in [0.2, 0.25) is 5.91 Å². The molecule has 0 fully saturated rings. The van der Waals surface area contributed by atoms with Crippen LogP contribution in [0.4, 0.5) is 0 Å². The molecule has 0 N–H and O–H groups in total. The van der Waals surface area contributed by atoms with E-state index in [1.807, 2.05) is 58.2 Å². The maximum Gasteiger partial charge on any atom is 0.233 e. The topological polar surface area (TPSA) is 46.1 Å². The number of nitrogens with zero attached hydrogens (tertiary/aromatic N) is 3. The van der Waals surface area contributed by atoms with Gasteiger partial charge in [0.1, 0.15) is 0 Å². The van der Waals surface area contributed by atoms with Crippen LogP contribution in [0, 0.1) is 13.8 Å². The minimum Gasteiger partial charge on any atom is -0.338 e. The van der Waals surface area contributed by atoms with E-state index in [0.29, 0.717) is 15.9 Å². The fraction of sp³-hybridized carbons (Fsp3) is 0.353. The number of halogens is 1. The Balaban J connectivity index is 1.97. The maximum atomic E-state index is 12.4. The van der Waals surface area contributed by atoms with Crippen molar-refractivity contribution in [2.75, 3.05) is 12.8 Å². The van der Waals surface area contributed by atoms with Crippen LogP contribution in [-0.2, 0) is 4.79 Å². The van der Waals surface area contributed by atoms with Crippen molar-refractivity contribution >= 4 is 29.3 Å². The van der Waals surface area contributed by atoms with E-state index >= 15 is 0 Å². The lowest BCUT2D eigenvalue weighted by Gasteiger charge is -2.25. The Morgan fingerprint density at radius 2 is 1.78 bits per heavy atom. The standard InChI is InChI=1S/C17H20ClN3OS/c1-11-9-12(2)20-17(19-11)23-10-16(22)21(4)13(3)14-5-7-15(18)8-6-14/h5-9,13H,10H2,1-4H3/t13-/m0/s1. The Hall–Kier alpha value is -1.59. The summed E-state index contributed by atoms with van der Waals surface area (Å²) in [5, 5.41) is 1.33. The number of aromatic nitrogens is 2. The molecule has 0 spiro atoms. The van der Waals surface area contributed by atoms with Crippen molar-refractivity contribution in [3.8, 4) is 0 Å². The Morgan fingerprint density at radius 1 is 1.22 bits per heavy atom. The highest BCUT2D eigenvalue weighted by Crippen LogP contribution is 2.22. The van der Waals surface area contributed by atoms with Crippen LogP contribution in [0.5, 0.6) is 0 Å². The van der Waals surface area contributed by atoms with Gasteiger partial charge in [-0.2, -0.15) is 0 Å². The summed E-state index contributed by atoms with van der Waals surface area (Å²) in [7, 11) is 1.81. The van der Waals surface area contributed by atoms with E-state index in [1.165, 1.54) is 11.8 Å². The van der Waals surface area contributed by atoms with Gasteiger partial charge in [0.15, 0.2) is 5.16 Å². The third-order valence-corrected chi connectivity index (χ3v) is 4.70. The Morgan fingerprint density at radius 3 is 2.35 bits per heavy atom. The highest BCUT2D eigenvalue weighted by atomic mass is 35.5. The number of carbonyl (C=O) groups is 1. The second kappa shape index (κ2) is 7.79. The molecule has 23 heavy (non-hydrogen) atoms. The van der Waals surface area contributed by atoms with Gasteiger partial charge in [0, 0.05) is 23.5 Å². The quantitative estimate of drug-likeness (QED) is 0.603. The molecule has 6 heteroatoms. The molecule has 0 unspecified atom stereocenters. The summed E-state index contributed by atoms with van der Waals surface area (Å²) in [6, 6.07) is 9.46.